The van der Waals surface area contributed by atoms with Crippen LogP contribution in [0.3, 0.4) is 0 Å². The third-order valence-corrected chi connectivity index (χ3v) is 5.60. The predicted molar refractivity (Wildman–Crippen MR) is 123 cm³/mol. The van der Waals surface area contributed by atoms with Crippen molar-refractivity contribution in [3.63, 3.8) is 0 Å². The first-order valence-corrected chi connectivity index (χ1v) is 10.3. The lowest BCUT2D eigenvalue weighted by Gasteiger charge is -2.21. The Kier molecular flexibility index (Phi) is 6.02. The first-order valence-electron chi connectivity index (χ1n) is 10.3. The van der Waals surface area contributed by atoms with E-state index in [0.717, 1.165) is 39.0 Å². The van der Waals surface area contributed by atoms with Gasteiger partial charge in [0.1, 0.15) is 5.75 Å². The summed E-state index contributed by atoms with van der Waals surface area (Å²) < 4.78 is 5.73. The quantitative estimate of drug-likeness (QED) is 0.540. The van der Waals surface area contributed by atoms with Gasteiger partial charge in [0.2, 0.25) is 0 Å². The van der Waals surface area contributed by atoms with Crippen LogP contribution in [0.25, 0.3) is 10.9 Å². The molecular formula is C25H32N2O2. The molecule has 0 saturated carbocycles. The van der Waals surface area contributed by atoms with Gasteiger partial charge in [-0.2, -0.15) is 0 Å². The summed E-state index contributed by atoms with van der Waals surface area (Å²) in [4.78, 5) is 15.7. The minimum absolute atomic E-state index is 0.0413. The van der Waals surface area contributed by atoms with Gasteiger partial charge in [0.05, 0.1) is 12.6 Å². The molecule has 154 valence electrons. The fraction of sp³-hybridized carbons (Fsp3) is 0.400. The molecule has 0 unspecified atom stereocenters. The monoisotopic (exact) mass is 392 g/mol. The molecule has 1 heterocycles. The third kappa shape index (κ3) is 4.16. The number of methoxy groups -OCH3 is 1. The van der Waals surface area contributed by atoms with E-state index in [1.54, 1.807) is 7.11 Å². The van der Waals surface area contributed by atoms with Crippen molar-refractivity contribution in [3.05, 3.63) is 68.5 Å². The average molecular weight is 393 g/mol. The van der Waals surface area contributed by atoms with E-state index in [1.807, 2.05) is 19.1 Å². The maximum atomic E-state index is 12.7. The van der Waals surface area contributed by atoms with Gasteiger partial charge in [0, 0.05) is 23.2 Å². The van der Waals surface area contributed by atoms with Crippen molar-refractivity contribution in [1.29, 1.82) is 0 Å². The largest absolute Gasteiger partial charge is 0.496 e. The lowest BCUT2D eigenvalue weighted by atomic mass is 9.93. The predicted octanol–water partition coefficient (Wildman–Crippen LogP) is 6.01. The van der Waals surface area contributed by atoms with Crippen LogP contribution in [0.1, 0.15) is 67.3 Å². The summed E-state index contributed by atoms with van der Waals surface area (Å²) in [6, 6.07) is 10.4. The highest BCUT2D eigenvalue weighted by Gasteiger charge is 2.17. The third-order valence-electron chi connectivity index (χ3n) is 5.60. The molecule has 0 radical (unpaired) electrons. The summed E-state index contributed by atoms with van der Waals surface area (Å²) in [5, 5.41) is 4.57. The second-order valence-corrected chi connectivity index (χ2v) is 8.46. The van der Waals surface area contributed by atoms with E-state index >= 15 is 0 Å². The highest BCUT2D eigenvalue weighted by Crippen LogP contribution is 2.37. The van der Waals surface area contributed by atoms with Crippen LogP contribution in [0.2, 0.25) is 0 Å². The molecule has 4 heteroatoms. The van der Waals surface area contributed by atoms with Crippen molar-refractivity contribution in [1.82, 2.24) is 4.98 Å². The zero-order chi connectivity index (χ0) is 21.3. The number of anilines is 1. The molecule has 0 atom stereocenters. The van der Waals surface area contributed by atoms with Gasteiger partial charge >= 0.3 is 0 Å². The van der Waals surface area contributed by atoms with Gasteiger partial charge in [-0.25, -0.2) is 0 Å². The summed E-state index contributed by atoms with van der Waals surface area (Å²) in [7, 11) is 1.74. The number of aromatic nitrogens is 1. The standard InChI is InChI=1S/C25H32N2O2/c1-14(2)20-11-19(12-21(15(3)4)24(20)29-7)26-13-18-10-22-16(5)8-9-17(6)23(22)27-25(18)28/h8-12,14-15,26H,13H2,1-7H3,(H,27,28). The second-order valence-electron chi connectivity index (χ2n) is 8.46. The topological polar surface area (TPSA) is 54.1 Å². The number of hydrogen-bond acceptors (Lipinski definition) is 3. The molecule has 0 fully saturated rings. The molecule has 2 aromatic carbocycles. The summed E-state index contributed by atoms with van der Waals surface area (Å²) in [6.45, 7) is 13.3. The number of nitrogens with one attached hydrogen (secondary N) is 2. The Morgan fingerprint density at radius 3 is 2.10 bits per heavy atom. The molecule has 0 aliphatic carbocycles. The van der Waals surface area contributed by atoms with Gasteiger partial charge in [-0.15, -0.1) is 0 Å². The Bertz CT molecular complexity index is 1060. The number of hydrogen-bond donors (Lipinski definition) is 2. The van der Waals surface area contributed by atoms with E-state index < -0.39 is 0 Å². The second kappa shape index (κ2) is 8.32. The number of benzene rings is 2. The number of aromatic amines is 1. The molecule has 0 saturated heterocycles. The van der Waals surface area contributed by atoms with Crippen molar-refractivity contribution < 1.29 is 4.74 Å². The normalized spacial score (nSPS) is 11.5. The molecule has 0 aliphatic heterocycles. The Morgan fingerprint density at radius 1 is 0.966 bits per heavy atom. The van der Waals surface area contributed by atoms with E-state index in [2.05, 4.69) is 63.1 Å². The van der Waals surface area contributed by atoms with Crippen molar-refractivity contribution >= 4 is 16.6 Å². The van der Waals surface area contributed by atoms with Gasteiger partial charge < -0.3 is 15.0 Å². The lowest BCUT2D eigenvalue weighted by molar-refractivity contribution is 0.400. The fourth-order valence-corrected chi connectivity index (χ4v) is 3.82. The van der Waals surface area contributed by atoms with Crippen molar-refractivity contribution in [3.8, 4) is 5.75 Å². The van der Waals surface area contributed by atoms with Crippen LogP contribution < -0.4 is 15.6 Å². The van der Waals surface area contributed by atoms with Gasteiger partial charge in [-0.3, -0.25) is 4.79 Å². The molecule has 1 aromatic heterocycles. The van der Waals surface area contributed by atoms with E-state index in [4.69, 9.17) is 4.74 Å². The number of fused-ring (bicyclic) bond motifs is 1. The van der Waals surface area contributed by atoms with Gasteiger partial charge in [-0.1, -0.05) is 39.8 Å². The van der Waals surface area contributed by atoms with Gasteiger partial charge in [0.25, 0.3) is 5.56 Å². The first-order chi connectivity index (χ1) is 13.7. The number of pyridine rings is 1. The SMILES string of the molecule is COc1c(C(C)C)cc(NCc2cc3c(C)ccc(C)c3[nH]c2=O)cc1C(C)C. The summed E-state index contributed by atoms with van der Waals surface area (Å²) in [5.41, 5.74) is 7.24. The highest BCUT2D eigenvalue weighted by molar-refractivity contribution is 5.85. The Labute approximate surface area is 173 Å². The van der Waals surface area contributed by atoms with Crippen LogP contribution in [0.4, 0.5) is 5.69 Å². The molecular weight excluding hydrogens is 360 g/mol. The molecule has 3 rings (SSSR count). The summed E-state index contributed by atoms with van der Waals surface area (Å²) in [6.07, 6.45) is 0. The van der Waals surface area contributed by atoms with Crippen LogP contribution in [-0.2, 0) is 6.54 Å². The molecule has 2 N–H and O–H groups in total. The molecule has 3 aromatic rings. The van der Waals surface area contributed by atoms with Crippen molar-refractivity contribution in [2.75, 3.05) is 12.4 Å². The summed E-state index contributed by atoms with van der Waals surface area (Å²) >= 11 is 0. The van der Waals surface area contributed by atoms with Gasteiger partial charge in [-0.05, 0) is 66.1 Å². The number of ether oxygens (including phenoxy) is 1. The number of rotatable bonds is 6. The number of H-pyrrole nitrogens is 1. The highest BCUT2D eigenvalue weighted by atomic mass is 16.5. The smallest absolute Gasteiger partial charge is 0.253 e. The van der Waals surface area contributed by atoms with E-state index in [0.29, 0.717) is 18.4 Å². The lowest BCUT2D eigenvalue weighted by Crippen LogP contribution is -2.16. The number of aryl methyl sites for hydroxylation is 2. The zero-order valence-corrected chi connectivity index (χ0v) is 18.6. The van der Waals surface area contributed by atoms with E-state index in [-0.39, 0.29) is 5.56 Å². The molecule has 0 spiro atoms. The Morgan fingerprint density at radius 2 is 1.55 bits per heavy atom. The first kappa shape index (κ1) is 21.0. The molecule has 0 bridgehead atoms. The van der Waals surface area contributed by atoms with Crippen LogP contribution in [0.5, 0.6) is 5.75 Å². The van der Waals surface area contributed by atoms with Crippen LogP contribution >= 0.6 is 0 Å². The molecule has 4 nitrogen and oxygen atoms in total. The Hall–Kier alpha value is -2.75. The minimum atomic E-state index is -0.0413. The molecule has 0 amide bonds. The van der Waals surface area contributed by atoms with E-state index in [1.165, 1.54) is 11.1 Å². The fourth-order valence-electron chi connectivity index (χ4n) is 3.82. The van der Waals surface area contributed by atoms with Crippen LogP contribution in [0, 0.1) is 13.8 Å². The average Bonchev–Trinajstić information content (AvgIpc) is 2.68. The summed E-state index contributed by atoms with van der Waals surface area (Å²) in [5.74, 6) is 1.66. The van der Waals surface area contributed by atoms with Crippen molar-refractivity contribution in [2.24, 2.45) is 0 Å². The Balaban J connectivity index is 1.99. The van der Waals surface area contributed by atoms with Crippen LogP contribution in [-0.4, -0.2) is 12.1 Å². The maximum Gasteiger partial charge on any atom is 0.253 e. The van der Waals surface area contributed by atoms with Gasteiger partial charge in [0.15, 0.2) is 0 Å². The maximum absolute atomic E-state index is 12.7. The zero-order valence-electron chi connectivity index (χ0n) is 18.6. The molecule has 29 heavy (non-hydrogen) atoms. The van der Waals surface area contributed by atoms with E-state index in [9.17, 15) is 4.79 Å². The van der Waals surface area contributed by atoms with Crippen LogP contribution in [0.15, 0.2) is 35.1 Å². The molecule has 0 aliphatic rings. The minimum Gasteiger partial charge on any atom is -0.496 e. The van der Waals surface area contributed by atoms with Crippen molar-refractivity contribution in [2.45, 2.75) is 59.9 Å².